The van der Waals surface area contributed by atoms with E-state index >= 15 is 0 Å². The van der Waals surface area contributed by atoms with E-state index in [1.54, 1.807) is 6.92 Å². The Kier molecular flexibility index (Phi) is 12.3. The number of carbonyl (C=O) groups excluding carboxylic acids is 1. The molecule has 0 aliphatic carbocycles. The summed E-state index contributed by atoms with van der Waals surface area (Å²) in [6.07, 6.45) is 5.67. The topological polar surface area (TPSA) is 41.6 Å². The molecule has 0 aromatic rings. The van der Waals surface area contributed by atoms with E-state index < -0.39 is 8.30 Å². The summed E-state index contributed by atoms with van der Waals surface area (Å²) in [5.41, 5.74) is 0. The molecule has 126 valence electrons. The lowest BCUT2D eigenvalue weighted by molar-refractivity contribution is -0.118. The van der Waals surface area contributed by atoms with Crippen molar-refractivity contribution in [1.29, 1.82) is 0 Å². The van der Waals surface area contributed by atoms with Gasteiger partial charge in [-0.25, -0.2) is 0 Å². The van der Waals surface area contributed by atoms with Crippen LogP contribution in [-0.2, 0) is 9.32 Å². The number of hydrogen-bond acceptors (Lipinski definition) is 3. The summed E-state index contributed by atoms with van der Waals surface area (Å²) < 4.78 is 8.56. The maximum atomic E-state index is 10.7. The summed E-state index contributed by atoms with van der Waals surface area (Å²) >= 11 is 0. The van der Waals surface area contributed by atoms with Crippen molar-refractivity contribution in [2.75, 3.05) is 19.8 Å². The Balaban J connectivity index is 3.72. The third-order valence-corrected chi connectivity index (χ3v) is 5.68. The minimum atomic E-state index is -0.489. The Labute approximate surface area is 132 Å². The normalized spacial score (nSPS) is 14.5. The SMILES string of the molecule is CCC(C)N(C(C)C)P(C)OCCCCCCNC(C)=O. The smallest absolute Gasteiger partial charge is 0.216 e. The number of unbranched alkanes of at least 4 members (excludes halogenated alkanes) is 3. The van der Waals surface area contributed by atoms with E-state index in [0.717, 1.165) is 38.8 Å². The standard InChI is InChI=1S/C16H35N2O2P/c1-7-15(4)18(14(2)3)21(6)20-13-11-9-8-10-12-17-16(5)19/h14-15H,7-13H2,1-6H3,(H,17,19). The highest BCUT2D eigenvalue weighted by atomic mass is 31.2. The van der Waals surface area contributed by atoms with Gasteiger partial charge in [0.1, 0.15) is 8.30 Å². The minimum Gasteiger partial charge on any atom is -0.356 e. The molecule has 0 spiro atoms. The fourth-order valence-corrected chi connectivity index (χ4v) is 4.30. The molecule has 0 aliphatic heterocycles. The molecule has 0 aliphatic rings. The van der Waals surface area contributed by atoms with Crippen LogP contribution in [0.25, 0.3) is 0 Å². The van der Waals surface area contributed by atoms with Crippen molar-refractivity contribution in [3.8, 4) is 0 Å². The van der Waals surface area contributed by atoms with Crippen LogP contribution < -0.4 is 5.32 Å². The van der Waals surface area contributed by atoms with Crippen LogP contribution in [0, 0.1) is 0 Å². The van der Waals surface area contributed by atoms with Gasteiger partial charge in [0.05, 0.1) is 6.61 Å². The molecule has 21 heavy (non-hydrogen) atoms. The van der Waals surface area contributed by atoms with E-state index in [0.29, 0.717) is 12.1 Å². The van der Waals surface area contributed by atoms with Gasteiger partial charge in [0.15, 0.2) is 0 Å². The van der Waals surface area contributed by atoms with Gasteiger partial charge in [-0.15, -0.1) is 0 Å². The minimum absolute atomic E-state index is 0.0637. The van der Waals surface area contributed by atoms with E-state index in [-0.39, 0.29) is 5.91 Å². The van der Waals surface area contributed by atoms with E-state index in [9.17, 15) is 4.79 Å². The Morgan fingerprint density at radius 3 is 2.33 bits per heavy atom. The zero-order valence-corrected chi connectivity index (χ0v) is 15.7. The predicted octanol–water partition coefficient (Wildman–Crippen LogP) is 4.15. The van der Waals surface area contributed by atoms with Crippen LogP contribution in [0.15, 0.2) is 0 Å². The molecule has 5 heteroatoms. The lowest BCUT2D eigenvalue weighted by Gasteiger charge is -2.36. The van der Waals surface area contributed by atoms with Crippen LogP contribution in [0.5, 0.6) is 0 Å². The highest BCUT2D eigenvalue weighted by Crippen LogP contribution is 2.41. The number of nitrogens with one attached hydrogen (secondary N) is 1. The Morgan fingerprint density at radius 2 is 1.81 bits per heavy atom. The molecular weight excluding hydrogens is 283 g/mol. The van der Waals surface area contributed by atoms with Crippen molar-refractivity contribution in [1.82, 2.24) is 9.99 Å². The number of nitrogens with zero attached hydrogens (tertiary/aromatic N) is 1. The largest absolute Gasteiger partial charge is 0.356 e. The fraction of sp³-hybridized carbons (Fsp3) is 0.938. The van der Waals surface area contributed by atoms with Gasteiger partial charge >= 0.3 is 0 Å². The van der Waals surface area contributed by atoms with Crippen molar-refractivity contribution in [2.45, 2.75) is 78.8 Å². The van der Waals surface area contributed by atoms with Gasteiger partial charge in [0.25, 0.3) is 0 Å². The van der Waals surface area contributed by atoms with Gasteiger partial charge in [-0.2, -0.15) is 0 Å². The fourth-order valence-electron chi connectivity index (χ4n) is 2.41. The third kappa shape index (κ3) is 10.2. The van der Waals surface area contributed by atoms with Crippen molar-refractivity contribution in [3.63, 3.8) is 0 Å². The molecule has 1 amide bonds. The molecule has 0 heterocycles. The van der Waals surface area contributed by atoms with E-state index in [2.05, 4.69) is 44.3 Å². The summed E-state index contributed by atoms with van der Waals surface area (Å²) in [5, 5.41) is 2.83. The number of hydrogen-bond donors (Lipinski definition) is 1. The third-order valence-electron chi connectivity index (χ3n) is 3.62. The average molecular weight is 318 g/mol. The molecule has 2 atom stereocenters. The van der Waals surface area contributed by atoms with Crippen LogP contribution in [-0.4, -0.2) is 42.5 Å². The molecule has 0 aromatic heterocycles. The average Bonchev–Trinajstić information content (AvgIpc) is 2.40. The lowest BCUT2D eigenvalue weighted by atomic mass is 10.2. The van der Waals surface area contributed by atoms with Gasteiger partial charge in [-0.1, -0.05) is 19.8 Å². The predicted molar refractivity (Wildman–Crippen MR) is 92.7 cm³/mol. The molecule has 1 N–H and O–H groups in total. The molecule has 0 bridgehead atoms. The Morgan fingerprint density at radius 1 is 1.19 bits per heavy atom. The second-order valence-electron chi connectivity index (χ2n) is 5.93. The molecule has 0 fully saturated rings. The second kappa shape index (κ2) is 12.4. The first kappa shape index (κ1) is 20.8. The van der Waals surface area contributed by atoms with Gasteiger partial charge in [-0.05, 0) is 46.7 Å². The van der Waals surface area contributed by atoms with E-state index in [1.165, 1.54) is 6.42 Å². The van der Waals surface area contributed by atoms with E-state index in [1.807, 2.05) is 0 Å². The van der Waals surface area contributed by atoms with Crippen molar-refractivity contribution in [2.24, 2.45) is 0 Å². The van der Waals surface area contributed by atoms with Gasteiger partial charge in [0, 0.05) is 25.6 Å². The van der Waals surface area contributed by atoms with Crippen molar-refractivity contribution in [3.05, 3.63) is 0 Å². The molecular formula is C16H35N2O2P. The van der Waals surface area contributed by atoms with Crippen LogP contribution >= 0.6 is 8.30 Å². The van der Waals surface area contributed by atoms with Crippen LogP contribution in [0.1, 0.15) is 66.7 Å². The molecule has 0 saturated heterocycles. The zero-order chi connectivity index (χ0) is 16.3. The van der Waals surface area contributed by atoms with Crippen LogP contribution in [0.3, 0.4) is 0 Å². The molecule has 2 unspecified atom stereocenters. The summed E-state index contributed by atoms with van der Waals surface area (Å²) in [5.74, 6) is 0.0637. The number of amides is 1. The molecule has 0 radical (unpaired) electrons. The quantitative estimate of drug-likeness (QED) is 0.434. The molecule has 0 aromatic carbocycles. The van der Waals surface area contributed by atoms with Crippen LogP contribution in [0.2, 0.25) is 0 Å². The lowest BCUT2D eigenvalue weighted by Crippen LogP contribution is -2.34. The first-order chi connectivity index (χ1) is 9.90. The van der Waals surface area contributed by atoms with Crippen LogP contribution in [0.4, 0.5) is 0 Å². The highest BCUT2D eigenvalue weighted by molar-refractivity contribution is 7.49. The van der Waals surface area contributed by atoms with Crippen molar-refractivity contribution < 1.29 is 9.32 Å². The van der Waals surface area contributed by atoms with Crippen molar-refractivity contribution >= 4 is 14.2 Å². The molecule has 4 nitrogen and oxygen atoms in total. The molecule has 0 rings (SSSR count). The first-order valence-electron chi connectivity index (χ1n) is 8.29. The Hall–Kier alpha value is -0.180. The van der Waals surface area contributed by atoms with Gasteiger partial charge in [0.2, 0.25) is 5.91 Å². The summed E-state index contributed by atoms with van der Waals surface area (Å²) in [7, 11) is -0.489. The summed E-state index contributed by atoms with van der Waals surface area (Å²) in [4.78, 5) is 10.7. The molecule has 0 saturated carbocycles. The monoisotopic (exact) mass is 318 g/mol. The maximum absolute atomic E-state index is 10.7. The number of carbonyl (C=O) groups is 1. The maximum Gasteiger partial charge on any atom is 0.216 e. The highest BCUT2D eigenvalue weighted by Gasteiger charge is 2.22. The van der Waals surface area contributed by atoms with E-state index in [4.69, 9.17) is 4.52 Å². The Bertz CT molecular complexity index is 275. The first-order valence-corrected chi connectivity index (χ1v) is 9.95. The van der Waals surface area contributed by atoms with Gasteiger partial charge in [-0.3, -0.25) is 9.46 Å². The summed E-state index contributed by atoms with van der Waals surface area (Å²) in [6, 6.07) is 1.12. The second-order valence-corrected chi connectivity index (χ2v) is 7.57. The van der Waals surface area contributed by atoms with Gasteiger partial charge < -0.3 is 9.84 Å². The summed E-state index contributed by atoms with van der Waals surface area (Å²) in [6.45, 7) is 14.4. The number of rotatable bonds is 12. The zero-order valence-electron chi connectivity index (χ0n) is 14.8.